The van der Waals surface area contributed by atoms with Gasteiger partial charge < -0.3 is 20.9 Å². The quantitative estimate of drug-likeness (QED) is 0.482. The lowest BCUT2D eigenvalue weighted by molar-refractivity contribution is -0.143. The highest BCUT2D eigenvalue weighted by molar-refractivity contribution is 5.80. The predicted molar refractivity (Wildman–Crippen MR) is 106 cm³/mol. The molecule has 6 nitrogen and oxygen atoms in total. The van der Waals surface area contributed by atoms with Crippen LogP contribution in [-0.4, -0.2) is 36.2 Å². The van der Waals surface area contributed by atoms with Crippen molar-refractivity contribution in [1.82, 2.24) is 0 Å². The van der Waals surface area contributed by atoms with E-state index in [1.54, 1.807) is 6.08 Å². The van der Waals surface area contributed by atoms with E-state index in [1.165, 1.54) is 11.1 Å². The molecule has 0 heterocycles. The summed E-state index contributed by atoms with van der Waals surface area (Å²) in [4.78, 5) is 21.2. The minimum atomic E-state index is -0.968. The van der Waals surface area contributed by atoms with Crippen LogP contribution in [0.25, 0.3) is 0 Å². The molecule has 1 aromatic rings. The number of carbonyl (C=O) groups is 2. The summed E-state index contributed by atoms with van der Waals surface area (Å²) in [5.74, 6) is -0.446. The van der Waals surface area contributed by atoms with Gasteiger partial charge in [-0.15, -0.1) is 0 Å². The number of esters is 1. The molecule has 6 heteroatoms. The zero-order chi connectivity index (χ0) is 20.3. The van der Waals surface area contributed by atoms with E-state index in [-0.39, 0.29) is 25.2 Å². The molecular weight excluding hydrogens is 332 g/mol. The summed E-state index contributed by atoms with van der Waals surface area (Å²) in [6.07, 6.45) is 1.58. The summed E-state index contributed by atoms with van der Waals surface area (Å²) in [5, 5.41) is 10.9. The number of hydrogen-bond donors (Lipinski definition) is 3. The molecule has 0 amide bonds. The van der Waals surface area contributed by atoms with Crippen molar-refractivity contribution in [3.05, 3.63) is 42.0 Å². The highest BCUT2D eigenvalue weighted by atomic mass is 16.5. The minimum absolute atomic E-state index is 0.244. The van der Waals surface area contributed by atoms with Gasteiger partial charge in [0.05, 0.1) is 6.54 Å². The lowest BCUT2D eigenvalue weighted by atomic mass is 9.92. The number of carbonyl (C=O) groups excluding carboxylic acids is 1. The van der Waals surface area contributed by atoms with E-state index in [2.05, 4.69) is 63.5 Å². The number of anilines is 1. The normalized spacial score (nSPS) is 11.4. The van der Waals surface area contributed by atoms with E-state index in [0.717, 1.165) is 5.69 Å². The Morgan fingerprint density at radius 1 is 1.19 bits per heavy atom. The maximum atomic E-state index is 11.9. The number of carboxylic acid groups (broad SMARTS) is 1. The van der Waals surface area contributed by atoms with E-state index < -0.39 is 5.97 Å². The third-order valence-corrected chi connectivity index (χ3v) is 3.61. The summed E-state index contributed by atoms with van der Waals surface area (Å²) in [6.45, 7) is 14.0. The van der Waals surface area contributed by atoms with Crippen molar-refractivity contribution in [3.63, 3.8) is 0 Å². The average molecular weight is 364 g/mol. The molecule has 0 bridgehead atoms. The Morgan fingerprint density at radius 2 is 1.65 bits per heavy atom. The summed E-state index contributed by atoms with van der Waals surface area (Å²) < 4.78 is 5.11. The van der Waals surface area contributed by atoms with Gasteiger partial charge in [-0.2, -0.15) is 0 Å². The van der Waals surface area contributed by atoms with Crippen molar-refractivity contribution in [1.29, 1.82) is 0 Å². The molecule has 1 rings (SSSR count). The molecule has 0 unspecified atom stereocenters. The molecule has 0 saturated carbocycles. The van der Waals surface area contributed by atoms with E-state index in [9.17, 15) is 9.59 Å². The van der Waals surface area contributed by atoms with Crippen LogP contribution in [0.3, 0.4) is 0 Å². The van der Waals surface area contributed by atoms with Crippen LogP contribution in [0.15, 0.2) is 30.9 Å². The minimum Gasteiger partial charge on any atom is -0.480 e. The molecule has 1 atom stereocenters. The van der Waals surface area contributed by atoms with Crippen LogP contribution in [0.1, 0.15) is 57.6 Å². The molecule has 1 aromatic carbocycles. The molecule has 0 spiro atoms. The topological polar surface area (TPSA) is 102 Å². The van der Waals surface area contributed by atoms with E-state index >= 15 is 0 Å². The number of ether oxygens (including phenoxy) is 1. The first-order chi connectivity index (χ1) is 12.1. The number of para-hydroxylation sites is 1. The third kappa shape index (κ3) is 8.16. The number of nitrogens with one attached hydrogen (secondary N) is 1. The van der Waals surface area contributed by atoms with Crippen molar-refractivity contribution >= 4 is 17.6 Å². The SMILES string of the molecule is C=CCOC(=O)[C@H](C)Nc1c(C(C)C)cccc1C(C)C.NCC(=O)O. The lowest BCUT2D eigenvalue weighted by Crippen LogP contribution is -2.29. The first-order valence-corrected chi connectivity index (χ1v) is 8.74. The van der Waals surface area contributed by atoms with Crippen LogP contribution in [0.4, 0.5) is 5.69 Å². The number of aliphatic carboxylic acids is 1. The van der Waals surface area contributed by atoms with Gasteiger partial charge in [0.15, 0.2) is 0 Å². The smallest absolute Gasteiger partial charge is 0.328 e. The Hall–Kier alpha value is -2.34. The van der Waals surface area contributed by atoms with Crippen molar-refractivity contribution in [2.75, 3.05) is 18.5 Å². The molecule has 146 valence electrons. The highest BCUT2D eigenvalue weighted by Gasteiger charge is 2.19. The fourth-order valence-corrected chi connectivity index (χ4v) is 2.26. The Morgan fingerprint density at radius 3 is 2.00 bits per heavy atom. The zero-order valence-corrected chi connectivity index (χ0v) is 16.4. The number of nitrogens with two attached hydrogens (primary N) is 1. The Balaban J connectivity index is 0.00000110. The van der Waals surface area contributed by atoms with E-state index in [4.69, 9.17) is 9.84 Å². The Labute approximate surface area is 156 Å². The molecule has 0 aliphatic rings. The molecular formula is C20H32N2O4. The summed E-state index contributed by atoms with van der Waals surface area (Å²) in [7, 11) is 0. The molecule has 0 radical (unpaired) electrons. The van der Waals surface area contributed by atoms with Crippen molar-refractivity contribution in [3.8, 4) is 0 Å². The first-order valence-electron chi connectivity index (χ1n) is 8.74. The van der Waals surface area contributed by atoms with Gasteiger partial charge in [0.2, 0.25) is 0 Å². The summed E-state index contributed by atoms with van der Waals surface area (Å²) in [6, 6.07) is 5.92. The second-order valence-corrected chi connectivity index (χ2v) is 6.50. The zero-order valence-electron chi connectivity index (χ0n) is 16.4. The van der Waals surface area contributed by atoms with Gasteiger partial charge in [-0.3, -0.25) is 4.79 Å². The Kier molecular flexibility index (Phi) is 11.0. The summed E-state index contributed by atoms with van der Waals surface area (Å²) in [5.41, 5.74) is 8.09. The highest BCUT2D eigenvalue weighted by Crippen LogP contribution is 2.32. The average Bonchev–Trinajstić information content (AvgIpc) is 2.59. The van der Waals surface area contributed by atoms with Crippen LogP contribution in [0, 0.1) is 0 Å². The predicted octanol–water partition coefficient (Wildman–Crippen LogP) is 3.49. The maximum Gasteiger partial charge on any atom is 0.328 e. The number of rotatable bonds is 8. The third-order valence-electron chi connectivity index (χ3n) is 3.61. The monoisotopic (exact) mass is 364 g/mol. The van der Waals surface area contributed by atoms with Crippen LogP contribution >= 0.6 is 0 Å². The van der Waals surface area contributed by atoms with Gasteiger partial charge in [-0.1, -0.05) is 58.5 Å². The van der Waals surface area contributed by atoms with Crippen LogP contribution in [0.5, 0.6) is 0 Å². The van der Waals surface area contributed by atoms with Gasteiger partial charge in [-0.05, 0) is 29.9 Å². The van der Waals surface area contributed by atoms with E-state index in [1.807, 2.05) is 6.92 Å². The number of benzene rings is 1. The number of hydrogen-bond acceptors (Lipinski definition) is 5. The molecule has 0 aliphatic heterocycles. The molecule has 26 heavy (non-hydrogen) atoms. The standard InChI is InChI=1S/C18H27NO2.C2H5NO2/c1-7-11-21-18(20)14(6)19-17-15(12(2)3)9-8-10-16(17)13(4)5;3-1-2(4)5/h7-10,12-14,19H,1,11H2,2-6H3;1,3H2,(H,4,5)/t14-;/m0./s1. The number of carboxylic acids is 1. The van der Waals surface area contributed by atoms with Crippen LogP contribution < -0.4 is 11.1 Å². The molecule has 0 aromatic heterocycles. The fourth-order valence-electron chi connectivity index (χ4n) is 2.26. The van der Waals surface area contributed by atoms with Crippen LogP contribution in [0.2, 0.25) is 0 Å². The molecule has 0 aliphatic carbocycles. The fraction of sp³-hybridized carbons (Fsp3) is 0.500. The van der Waals surface area contributed by atoms with Gasteiger partial charge in [0.25, 0.3) is 0 Å². The first kappa shape index (κ1) is 23.7. The van der Waals surface area contributed by atoms with Crippen LogP contribution in [-0.2, 0) is 14.3 Å². The van der Waals surface area contributed by atoms with Crippen molar-refractivity contribution in [2.24, 2.45) is 5.73 Å². The van der Waals surface area contributed by atoms with Gasteiger partial charge in [0.1, 0.15) is 12.6 Å². The maximum absolute atomic E-state index is 11.9. The van der Waals surface area contributed by atoms with Crippen molar-refractivity contribution < 1.29 is 19.4 Å². The largest absolute Gasteiger partial charge is 0.480 e. The van der Waals surface area contributed by atoms with Crippen molar-refractivity contribution in [2.45, 2.75) is 52.5 Å². The molecule has 0 saturated heterocycles. The van der Waals surface area contributed by atoms with Gasteiger partial charge in [0, 0.05) is 5.69 Å². The molecule has 0 fully saturated rings. The Bertz CT molecular complexity index is 571. The van der Waals surface area contributed by atoms with E-state index in [0.29, 0.717) is 11.8 Å². The summed E-state index contributed by atoms with van der Waals surface area (Å²) >= 11 is 0. The van der Waals surface area contributed by atoms with Gasteiger partial charge in [-0.25, -0.2) is 4.79 Å². The second-order valence-electron chi connectivity index (χ2n) is 6.50. The lowest BCUT2D eigenvalue weighted by Gasteiger charge is -2.23. The second kappa shape index (κ2) is 12.1. The molecule has 4 N–H and O–H groups in total. The van der Waals surface area contributed by atoms with Gasteiger partial charge >= 0.3 is 11.9 Å².